The van der Waals surface area contributed by atoms with Gasteiger partial charge in [0.25, 0.3) is 0 Å². The van der Waals surface area contributed by atoms with Crippen LogP contribution in [0.4, 0.5) is 0 Å². The van der Waals surface area contributed by atoms with Crippen LogP contribution in [-0.2, 0) is 9.53 Å². The minimum Gasteiger partial charge on any atom is -0.466 e. The van der Waals surface area contributed by atoms with E-state index in [4.69, 9.17) is 0 Å². The van der Waals surface area contributed by atoms with Gasteiger partial charge in [-0.1, -0.05) is 19.3 Å². The summed E-state index contributed by atoms with van der Waals surface area (Å²) in [7, 11) is 1.38. The van der Waals surface area contributed by atoms with E-state index >= 15 is 0 Å². The summed E-state index contributed by atoms with van der Waals surface area (Å²) in [6.07, 6.45) is 5.84. The Bertz CT molecular complexity index is 250. The molecule has 15 heavy (non-hydrogen) atoms. The highest BCUT2D eigenvalue weighted by molar-refractivity contribution is 5.88. The summed E-state index contributed by atoms with van der Waals surface area (Å²) in [5.74, 6) is 0.0625. The van der Waals surface area contributed by atoms with Gasteiger partial charge in [0.15, 0.2) is 0 Å². The molecule has 86 valence electrons. The maximum Gasteiger partial charge on any atom is 0.333 e. The number of carbonyl (C=O) groups excluding carboxylic acids is 1. The molecular weight excluding hydrogens is 192 g/mol. The number of hydrogen-bond acceptors (Lipinski definition) is 3. The molecule has 0 bridgehead atoms. The highest BCUT2D eigenvalue weighted by Crippen LogP contribution is 2.31. The maximum atomic E-state index is 11.4. The van der Waals surface area contributed by atoms with E-state index in [2.05, 4.69) is 4.74 Å². The lowest BCUT2D eigenvalue weighted by atomic mass is 9.82. The highest BCUT2D eigenvalue weighted by Gasteiger charge is 2.21. The number of carbonyl (C=O) groups is 1. The summed E-state index contributed by atoms with van der Waals surface area (Å²) in [5, 5.41) is 9.33. The molecule has 0 aromatic heterocycles. The molecule has 1 aliphatic carbocycles. The van der Waals surface area contributed by atoms with Crippen molar-refractivity contribution in [3.63, 3.8) is 0 Å². The normalized spacial score (nSPS) is 19.7. The molecule has 1 N–H and O–H groups in total. The van der Waals surface area contributed by atoms with Gasteiger partial charge in [-0.15, -0.1) is 0 Å². The zero-order valence-electron chi connectivity index (χ0n) is 9.58. The Kier molecular flexibility index (Phi) is 4.82. The minimum absolute atomic E-state index is 0.0222. The molecule has 0 spiro atoms. The van der Waals surface area contributed by atoms with Gasteiger partial charge < -0.3 is 9.84 Å². The first kappa shape index (κ1) is 12.2. The van der Waals surface area contributed by atoms with Crippen molar-refractivity contribution in [1.29, 1.82) is 0 Å². The van der Waals surface area contributed by atoms with Gasteiger partial charge in [-0.05, 0) is 31.3 Å². The third-order valence-corrected chi connectivity index (χ3v) is 3.24. The van der Waals surface area contributed by atoms with Gasteiger partial charge in [0.1, 0.15) is 0 Å². The van der Waals surface area contributed by atoms with Crippen molar-refractivity contribution in [3.05, 3.63) is 11.1 Å². The smallest absolute Gasteiger partial charge is 0.333 e. The molecule has 0 amide bonds. The summed E-state index contributed by atoms with van der Waals surface area (Å²) in [6, 6.07) is 0. The lowest BCUT2D eigenvalue weighted by Crippen LogP contribution is -2.17. The van der Waals surface area contributed by atoms with E-state index in [1.165, 1.54) is 26.4 Å². The molecule has 0 atom stereocenters. The molecule has 0 aromatic carbocycles. The number of methoxy groups -OCH3 is 1. The van der Waals surface area contributed by atoms with Crippen molar-refractivity contribution < 1.29 is 14.6 Å². The lowest BCUT2D eigenvalue weighted by molar-refractivity contribution is -0.136. The number of aliphatic hydroxyl groups excluding tert-OH is 1. The molecule has 0 unspecified atom stereocenters. The Morgan fingerprint density at radius 2 is 1.93 bits per heavy atom. The SMILES string of the molecule is COC(=O)C(C)=C(CO)C1CCCCC1. The first-order chi connectivity index (χ1) is 7.20. The van der Waals surface area contributed by atoms with Crippen LogP contribution in [0.5, 0.6) is 0 Å². The van der Waals surface area contributed by atoms with Gasteiger partial charge >= 0.3 is 5.97 Å². The molecule has 3 nitrogen and oxygen atoms in total. The summed E-state index contributed by atoms with van der Waals surface area (Å²) < 4.78 is 4.68. The van der Waals surface area contributed by atoms with E-state index in [0.717, 1.165) is 18.4 Å². The second kappa shape index (κ2) is 5.91. The van der Waals surface area contributed by atoms with Crippen molar-refractivity contribution in [2.75, 3.05) is 13.7 Å². The van der Waals surface area contributed by atoms with Gasteiger partial charge in [-0.2, -0.15) is 0 Å². The quantitative estimate of drug-likeness (QED) is 0.575. The predicted molar refractivity (Wildman–Crippen MR) is 58.4 cm³/mol. The van der Waals surface area contributed by atoms with Crippen LogP contribution in [0, 0.1) is 5.92 Å². The first-order valence-electron chi connectivity index (χ1n) is 5.59. The number of aliphatic hydroxyl groups is 1. The average Bonchev–Trinajstić information content (AvgIpc) is 2.30. The molecule has 0 heterocycles. The van der Waals surface area contributed by atoms with Crippen molar-refractivity contribution in [2.45, 2.75) is 39.0 Å². The maximum absolute atomic E-state index is 11.4. The Labute approximate surface area is 91.1 Å². The fraction of sp³-hybridized carbons (Fsp3) is 0.750. The summed E-state index contributed by atoms with van der Waals surface area (Å²) in [4.78, 5) is 11.4. The summed E-state index contributed by atoms with van der Waals surface area (Å²) in [6.45, 7) is 1.72. The monoisotopic (exact) mass is 212 g/mol. The van der Waals surface area contributed by atoms with Crippen LogP contribution < -0.4 is 0 Å². The molecule has 1 fully saturated rings. The average molecular weight is 212 g/mol. The van der Waals surface area contributed by atoms with Crippen LogP contribution in [0.25, 0.3) is 0 Å². The van der Waals surface area contributed by atoms with Crippen molar-refractivity contribution in [2.24, 2.45) is 5.92 Å². The van der Waals surface area contributed by atoms with Crippen LogP contribution in [0.2, 0.25) is 0 Å². The Morgan fingerprint density at radius 3 is 2.40 bits per heavy atom. The van der Waals surface area contributed by atoms with Crippen LogP contribution in [0.3, 0.4) is 0 Å². The van der Waals surface area contributed by atoms with Crippen LogP contribution in [-0.4, -0.2) is 24.8 Å². The van der Waals surface area contributed by atoms with E-state index in [1.807, 2.05) is 0 Å². The van der Waals surface area contributed by atoms with E-state index in [-0.39, 0.29) is 12.6 Å². The minimum atomic E-state index is -0.315. The van der Waals surface area contributed by atoms with E-state index < -0.39 is 0 Å². The molecule has 0 aliphatic heterocycles. The lowest BCUT2D eigenvalue weighted by Gasteiger charge is -2.24. The zero-order valence-corrected chi connectivity index (χ0v) is 9.58. The highest BCUT2D eigenvalue weighted by atomic mass is 16.5. The zero-order chi connectivity index (χ0) is 11.3. The molecule has 1 saturated carbocycles. The van der Waals surface area contributed by atoms with Gasteiger partial charge in [-0.25, -0.2) is 4.79 Å². The Hall–Kier alpha value is -0.830. The predicted octanol–water partition coefficient (Wildman–Crippen LogP) is 2.05. The molecule has 0 saturated heterocycles. The van der Waals surface area contributed by atoms with Gasteiger partial charge in [0.05, 0.1) is 13.7 Å². The van der Waals surface area contributed by atoms with E-state index in [1.54, 1.807) is 6.92 Å². The number of rotatable bonds is 3. The van der Waals surface area contributed by atoms with Crippen LogP contribution >= 0.6 is 0 Å². The van der Waals surface area contributed by atoms with Gasteiger partial charge in [0, 0.05) is 5.57 Å². The van der Waals surface area contributed by atoms with Crippen molar-refractivity contribution in [1.82, 2.24) is 0 Å². The molecule has 1 rings (SSSR count). The fourth-order valence-electron chi connectivity index (χ4n) is 2.29. The summed E-state index contributed by atoms with van der Waals surface area (Å²) >= 11 is 0. The fourth-order valence-corrected chi connectivity index (χ4v) is 2.29. The molecule has 3 heteroatoms. The van der Waals surface area contributed by atoms with Crippen molar-refractivity contribution >= 4 is 5.97 Å². The number of hydrogen-bond donors (Lipinski definition) is 1. The number of esters is 1. The Morgan fingerprint density at radius 1 is 1.33 bits per heavy atom. The second-order valence-electron chi connectivity index (χ2n) is 4.13. The topological polar surface area (TPSA) is 46.5 Å². The van der Waals surface area contributed by atoms with E-state index in [9.17, 15) is 9.90 Å². The van der Waals surface area contributed by atoms with E-state index in [0.29, 0.717) is 11.5 Å². The third-order valence-electron chi connectivity index (χ3n) is 3.24. The second-order valence-corrected chi connectivity index (χ2v) is 4.13. The summed E-state index contributed by atoms with van der Waals surface area (Å²) in [5.41, 5.74) is 1.47. The van der Waals surface area contributed by atoms with Crippen molar-refractivity contribution in [3.8, 4) is 0 Å². The number of ether oxygens (including phenoxy) is 1. The van der Waals surface area contributed by atoms with Gasteiger partial charge in [0.2, 0.25) is 0 Å². The largest absolute Gasteiger partial charge is 0.466 e. The Balaban J connectivity index is 2.79. The van der Waals surface area contributed by atoms with Crippen LogP contribution in [0.15, 0.2) is 11.1 Å². The molecule has 1 aliphatic rings. The first-order valence-corrected chi connectivity index (χ1v) is 5.59. The third kappa shape index (κ3) is 3.06. The van der Waals surface area contributed by atoms with Crippen LogP contribution in [0.1, 0.15) is 39.0 Å². The standard InChI is InChI=1S/C12H20O3/c1-9(12(14)15-2)11(8-13)10-6-4-3-5-7-10/h10,13H,3-8H2,1-2H3. The molecule has 0 aromatic rings. The van der Waals surface area contributed by atoms with Gasteiger partial charge in [-0.3, -0.25) is 0 Å². The molecule has 0 radical (unpaired) electrons. The molecular formula is C12H20O3.